The van der Waals surface area contributed by atoms with E-state index in [4.69, 9.17) is 4.84 Å². The molecule has 3 rings (SSSR count). The van der Waals surface area contributed by atoms with Gasteiger partial charge in [-0.1, -0.05) is 61.9 Å². The Morgan fingerprint density at radius 2 is 1.78 bits per heavy atom. The molecule has 0 saturated heterocycles. The average molecular weight is 366 g/mol. The van der Waals surface area contributed by atoms with Crippen molar-refractivity contribution < 1.29 is 19.2 Å². The number of nitrogens with zero attached hydrogens (tertiary/aromatic N) is 1. The highest BCUT2D eigenvalue weighted by molar-refractivity contribution is 6.18. The molecule has 27 heavy (non-hydrogen) atoms. The van der Waals surface area contributed by atoms with Gasteiger partial charge in [-0.15, -0.1) is 5.06 Å². The van der Waals surface area contributed by atoms with Crippen LogP contribution in [0.15, 0.2) is 54.6 Å². The number of carbonyl (C=O) groups excluding carboxylic acids is 3. The number of amides is 3. The normalized spacial score (nSPS) is 16.2. The standard InChI is InChI=1S/C21H22N2O4/c1-2-3-13-22-19(24)18-16-11-7-8-12-17(16)20(25)23(21(18)26)27-14-15-9-5-4-6-10-15/h4-12,18H,2-3,13-14H2,1H3,(H,22,24). The van der Waals surface area contributed by atoms with Crippen LogP contribution in [-0.2, 0) is 21.0 Å². The maximum atomic E-state index is 12.9. The van der Waals surface area contributed by atoms with Gasteiger partial charge in [0, 0.05) is 12.1 Å². The van der Waals surface area contributed by atoms with Gasteiger partial charge < -0.3 is 5.32 Å². The zero-order valence-electron chi connectivity index (χ0n) is 15.2. The Labute approximate surface area is 158 Å². The lowest BCUT2D eigenvalue weighted by molar-refractivity contribution is -0.177. The van der Waals surface area contributed by atoms with Gasteiger partial charge in [-0.3, -0.25) is 19.2 Å². The molecule has 1 aliphatic heterocycles. The van der Waals surface area contributed by atoms with E-state index in [1.807, 2.05) is 37.3 Å². The molecule has 0 aliphatic carbocycles. The molecule has 0 radical (unpaired) electrons. The van der Waals surface area contributed by atoms with Gasteiger partial charge in [0.25, 0.3) is 11.8 Å². The van der Waals surface area contributed by atoms with E-state index in [2.05, 4.69) is 5.32 Å². The minimum atomic E-state index is -1.09. The second-order valence-corrected chi connectivity index (χ2v) is 6.36. The second-order valence-electron chi connectivity index (χ2n) is 6.36. The summed E-state index contributed by atoms with van der Waals surface area (Å²) in [4.78, 5) is 43.8. The first kappa shape index (κ1) is 18.8. The van der Waals surface area contributed by atoms with Crippen molar-refractivity contribution in [3.05, 3.63) is 71.3 Å². The lowest BCUT2D eigenvalue weighted by atomic mass is 9.88. The summed E-state index contributed by atoms with van der Waals surface area (Å²) in [6, 6.07) is 15.9. The summed E-state index contributed by atoms with van der Waals surface area (Å²) < 4.78 is 0. The summed E-state index contributed by atoms with van der Waals surface area (Å²) >= 11 is 0. The van der Waals surface area contributed by atoms with Crippen molar-refractivity contribution in [1.82, 2.24) is 10.4 Å². The highest BCUT2D eigenvalue weighted by Gasteiger charge is 2.43. The average Bonchev–Trinajstić information content (AvgIpc) is 2.69. The van der Waals surface area contributed by atoms with E-state index >= 15 is 0 Å². The lowest BCUT2D eigenvalue weighted by Crippen LogP contribution is -2.49. The van der Waals surface area contributed by atoms with Crippen LogP contribution in [0, 0.1) is 0 Å². The van der Waals surface area contributed by atoms with Gasteiger partial charge in [0.15, 0.2) is 0 Å². The summed E-state index contributed by atoms with van der Waals surface area (Å²) in [5, 5.41) is 3.50. The molecule has 2 aromatic rings. The number of carbonyl (C=O) groups is 3. The SMILES string of the molecule is CCCCNC(=O)C1C(=O)N(OCc2ccccc2)C(=O)c2ccccc21. The Morgan fingerprint density at radius 1 is 1.07 bits per heavy atom. The molecule has 0 saturated carbocycles. The van der Waals surface area contributed by atoms with E-state index in [1.165, 1.54) is 0 Å². The Hall–Kier alpha value is -2.99. The van der Waals surface area contributed by atoms with Gasteiger partial charge in [0.1, 0.15) is 12.5 Å². The number of hydrogen-bond donors (Lipinski definition) is 1. The van der Waals surface area contributed by atoms with Crippen LogP contribution in [0.4, 0.5) is 0 Å². The molecule has 1 atom stereocenters. The van der Waals surface area contributed by atoms with Gasteiger partial charge >= 0.3 is 0 Å². The van der Waals surface area contributed by atoms with Crippen LogP contribution in [0.3, 0.4) is 0 Å². The molecule has 0 fully saturated rings. The van der Waals surface area contributed by atoms with E-state index in [1.54, 1.807) is 24.3 Å². The molecule has 0 bridgehead atoms. The van der Waals surface area contributed by atoms with Crippen molar-refractivity contribution in [2.45, 2.75) is 32.3 Å². The van der Waals surface area contributed by atoms with Crippen molar-refractivity contribution in [3.8, 4) is 0 Å². The van der Waals surface area contributed by atoms with Crippen LogP contribution in [0.5, 0.6) is 0 Å². The third-order valence-corrected chi connectivity index (χ3v) is 4.43. The summed E-state index contributed by atoms with van der Waals surface area (Å²) in [6.07, 6.45) is 1.75. The fraction of sp³-hybridized carbons (Fsp3) is 0.286. The first-order valence-corrected chi connectivity index (χ1v) is 9.05. The number of hydroxylamine groups is 2. The van der Waals surface area contributed by atoms with E-state index in [0.717, 1.165) is 23.5 Å². The van der Waals surface area contributed by atoms with Gasteiger partial charge in [0.05, 0.1) is 0 Å². The molecule has 3 amide bonds. The van der Waals surface area contributed by atoms with Crippen LogP contribution < -0.4 is 5.32 Å². The van der Waals surface area contributed by atoms with Crippen LogP contribution in [0.25, 0.3) is 0 Å². The van der Waals surface area contributed by atoms with Crippen molar-refractivity contribution in [3.63, 3.8) is 0 Å². The Morgan fingerprint density at radius 3 is 2.52 bits per heavy atom. The molecule has 0 spiro atoms. The molecule has 1 N–H and O–H groups in total. The van der Waals surface area contributed by atoms with E-state index in [-0.39, 0.29) is 6.61 Å². The number of fused-ring (bicyclic) bond motifs is 1. The van der Waals surface area contributed by atoms with Crippen LogP contribution >= 0.6 is 0 Å². The highest BCUT2D eigenvalue weighted by atomic mass is 16.7. The maximum Gasteiger partial charge on any atom is 0.285 e. The predicted molar refractivity (Wildman–Crippen MR) is 99.5 cm³/mol. The Kier molecular flexibility index (Phi) is 5.98. The van der Waals surface area contributed by atoms with Gasteiger partial charge in [0.2, 0.25) is 5.91 Å². The minimum absolute atomic E-state index is 0.0602. The Balaban J connectivity index is 1.84. The third kappa shape index (κ3) is 4.06. The number of unbranched alkanes of at least 4 members (excludes halogenated alkanes) is 1. The largest absolute Gasteiger partial charge is 0.355 e. The first-order valence-electron chi connectivity index (χ1n) is 9.05. The number of benzene rings is 2. The zero-order chi connectivity index (χ0) is 19.2. The molecular formula is C21H22N2O4. The quantitative estimate of drug-likeness (QED) is 0.464. The van der Waals surface area contributed by atoms with E-state index in [0.29, 0.717) is 17.7 Å². The molecule has 140 valence electrons. The molecule has 0 aromatic heterocycles. The fourth-order valence-electron chi connectivity index (χ4n) is 2.98. The van der Waals surface area contributed by atoms with Crippen LogP contribution in [-0.4, -0.2) is 29.3 Å². The van der Waals surface area contributed by atoms with Crippen LogP contribution in [0.1, 0.15) is 47.2 Å². The lowest BCUT2D eigenvalue weighted by Gasteiger charge is -2.30. The van der Waals surface area contributed by atoms with Crippen molar-refractivity contribution >= 4 is 17.7 Å². The van der Waals surface area contributed by atoms with Gasteiger partial charge in [-0.25, -0.2) is 0 Å². The van der Waals surface area contributed by atoms with Crippen molar-refractivity contribution in [1.29, 1.82) is 0 Å². The topological polar surface area (TPSA) is 75.7 Å². The summed E-state index contributed by atoms with van der Waals surface area (Å²) in [5.74, 6) is -2.72. The van der Waals surface area contributed by atoms with Crippen LogP contribution in [0.2, 0.25) is 0 Å². The first-order chi connectivity index (χ1) is 13.1. The molecule has 2 aromatic carbocycles. The minimum Gasteiger partial charge on any atom is -0.355 e. The maximum absolute atomic E-state index is 12.9. The summed E-state index contributed by atoms with van der Waals surface area (Å²) in [7, 11) is 0. The molecule has 1 heterocycles. The summed E-state index contributed by atoms with van der Waals surface area (Å²) in [6.45, 7) is 2.57. The second kappa shape index (κ2) is 8.60. The number of imide groups is 1. The van der Waals surface area contributed by atoms with Gasteiger partial charge in [-0.05, 0) is 23.6 Å². The molecule has 6 heteroatoms. The third-order valence-electron chi connectivity index (χ3n) is 4.43. The van der Waals surface area contributed by atoms with E-state index in [9.17, 15) is 14.4 Å². The van der Waals surface area contributed by atoms with Crippen molar-refractivity contribution in [2.24, 2.45) is 0 Å². The Bertz CT molecular complexity index is 835. The van der Waals surface area contributed by atoms with Gasteiger partial charge in [-0.2, -0.15) is 0 Å². The predicted octanol–water partition coefficient (Wildman–Crippen LogP) is 2.80. The molecular weight excluding hydrogens is 344 g/mol. The van der Waals surface area contributed by atoms with Crippen molar-refractivity contribution in [2.75, 3.05) is 6.54 Å². The van der Waals surface area contributed by atoms with E-state index < -0.39 is 23.6 Å². The highest BCUT2D eigenvalue weighted by Crippen LogP contribution is 2.30. The molecule has 1 aliphatic rings. The fourth-order valence-corrected chi connectivity index (χ4v) is 2.98. The summed E-state index contributed by atoms with van der Waals surface area (Å²) in [5.41, 5.74) is 1.54. The number of rotatable bonds is 7. The molecule has 1 unspecified atom stereocenters. The number of nitrogens with one attached hydrogen (secondary N) is 1. The number of hydrogen-bond acceptors (Lipinski definition) is 4. The zero-order valence-corrected chi connectivity index (χ0v) is 15.2. The molecule has 6 nitrogen and oxygen atoms in total. The monoisotopic (exact) mass is 366 g/mol. The smallest absolute Gasteiger partial charge is 0.285 e.